The minimum absolute atomic E-state index is 0.607. The summed E-state index contributed by atoms with van der Waals surface area (Å²) in [5.41, 5.74) is 18.2. The number of fused-ring (bicyclic) bond motifs is 2. The zero-order valence-corrected chi connectivity index (χ0v) is 17.9. The van der Waals surface area contributed by atoms with E-state index in [1.165, 1.54) is 33.0 Å². The molecular weight excluding hydrogens is 396 g/mol. The van der Waals surface area contributed by atoms with E-state index in [0.717, 1.165) is 35.8 Å². The van der Waals surface area contributed by atoms with Gasteiger partial charge in [-0.15, -0.1) is 0 Å². The first-order chi connectivity index (χ1) is 15.7. The van der Waals surface area contributed by atoms with Crippen LogP contribution in [0.5, 0.6) is 0 Å². The molecule has 5 rings (SSSR count). The van der Waals surface area contributed by atoms with Crippen molar-refractivity contribution < 1.29 is 0 Å². The molecule has 6 heteroatoms. The van der Waals surface area contributed by atoms with Crippen molar-refractivity contribution in [3.63, 3.8) is 0 Å². The lowest BCUT2D eigenvalue weighted by Gasteiger charge is -2.06. The fourth-order valence-corrected chi connectivity index (χ4v) is 4.08. The molecule has 162 valence electrons. The number of aromatic amines is 2. The van der Waals surface area contributed by atoms with Crippen LogP contribution in [0.2, 0.25) is 0 Å². The van der Waals surface area contributed by atoms with Gasteiger partial charge in [-0.2, -0.15) is 0 Å². The molecule has 2 aromatic heterocycles. The van der Waals surface area contributed by atoms with Gasteiger partial charge in [-0.1, -0.05) is 36.4 Å². The molecule has 0 bridgehead atoms. The molecule has 0 saturated carbocycles. The van der Waals surface area contributed by atoms with Crippen molar-refractivity contribution in [3.05, 3.63) is 72.8 Å². The number of nitrogens with one attached hydrogen (secondary N) is 4. The lowest BCUT2D eigenvalue weighted by atomic mass is 9.99. The summed E-state index contributed by atoms with van der Waals surface area (Å²) in [5, 5.41) is 8.97. The summed E-state index contributed by atoms with van der Waals surface area (Å²) in [6.45, 7) is 2.72. The van der Waals surface area contributed by atoms with Gasteiger partial charge in [-0.05, 0) is 58.7 Å². The SMILES string of the molecule is NCCNc1cc2cc(-c3ccc(-c4ccc5[nH]c(NCCN)cc5c4)cc3)ccc2[nH]1. The lowest BCUT2D eigenvalue weighted by molar-refractivity contribution is 1.02. The van der Waals surface area contributed by atoms with E-state index < -0.39 is 0 Å². The Bertz CT molecular complexity index is 1240. The highest BCUT2D eigenvalue weighted by Gasteiger charge is 2.06. The molecule has 0 aliphatic rings. The topological polar surface area (TPSA) is 108 Å². The number of anilines is 2. The first-order valence-corrected chi connectivity index (χ1v) is 11.0. The second-order valence-electron chi connectivity index (χ2n) is 7.98. The third-order valence-electron chi connectivity index (χ3n) is 5.71. The molecule has 0 aliphatic carbocycles. The normalized spacial score (nSPS) is 11.3. The predicted molar refractivity (Wildman–Crippen MR) is 136 cm³/mol. The van der Waals surface area contributed by atoms with E-state index in [4.69, 9.17) is 11.5 Å². The Kier molecular flexibility index (Phi) is 5.54. The van der Waals surface area contributed by atoms with Gasteiger partial charge in [0.2, 0.25) is 0 Å². The summed E-state index contributed by atoms with van der Waals surface area (Å²) >= 11 is 0. The summed E-state index contributed by atoms with van der Waals surface area (Å²) in [4.78, 5) is 6.77. The zero-order valence-electron chi connectivity index (χ0n) is 17.9. The van der Waals surface area contributed by atoms with Crippen LogP contribution in [0.25, 0.3) is 44.1 Å². The van der Waals surface area contributed by atoms with E-state index in [2.05, 4.69) is 93.4 Å². The Balaban J connectivity index is 1.38. The summed E-state index contributed by atoms with van der Waals surface area (Å²) in [6, 6.07) is 26.0. The average Bonchev–Trinajstić information content (AvgIpc) is 3.43. The van der Waals surface area contributed by atoms with E-state index in [0.29, 0.717) is 13.1 Å². The second-order valence-corrected chi connectivity index (χ2v) is 7.98. The number of H-pyrrole nitrogens is 2. The monoisotopic (exact) mass is 424 g/mol. The maximum Gasteiger partial charge on any atom is 0.104 e. The Hall–Kier alpha value is -3.74. The van der Waals surface area contributed by atoms with Crippen LogP contribution in [-0.2, 0) is 0 Å². The lowest BCUT2D eigenvalue weighted by Crippen LogP contribution is -2.13. The van der Waals surface area contributed by atoms with Gasteiger partial charge in [0, 0.05) is 48.0 Å². The molecule has 3 aromatic carbocycles. The highest BCUT2D eigenvalue weighted by Crippen LogP contribution is 2.30. The van der Waals surface area contributed by atoms with Gasteiger partial charge in [-0.25, -0.2) is 0 Å². The number of nitrogens with two attached hydrogens (primary N) is 2. The number of hydrogen-bond donors (Lipinski definition) is 6. The third-order valence-corrected chi connectivity index (χ3v) is 5.71. The van der Waals surface area contributed by atoms with E-state index in [-0.39, 0.29) is 0 Å². The quantitative estimate of drug-likeness (QED) is 0.217. The second kappa shape index (κ2) is 8.78. The molecule has 5 aromatic rings. The van der Waals surface area contributed by atoms with Gasteiger partial charge in [0.15, 0.2) is 0 Å². The van der Waals surface area contributed by atoms with Crippen LogP contribution in [-0.4, -0.2) is 36.1 Å². The van der Waals surface area contributed by atoms with Crippen molar-refractivity contribution in [2.24, 2.45) is 11.5 Å². The molecule has 0 aliphatic heterocycles. The van der Waals surface area contributed by atoms with Crippen LogP contribution in [0.15, 0.2) is 72.8 Å². The largest absolute Gasteiger partial charge is 0.370 e. The summed E-state index contributed by atoms with van der Waals surface area (Å²) in [5.74, 6) is 2.00. The van der Waals surface area contributed by atoms with Gasteiger partial charge in [0.1, 0.15) is 11.6 Å². The Morgan fingerprint density at radius 1 is 0.531 bits per heavy atom. The predicted octanol–water partition coefficient (Wildman–Crippen LogP) is 4.72. The molecule has 0 radical (unpaired) electrons. The van der Waals surface area contributed by atoms with Crippen LogP contribution in [0.4, 0.5) is 11.6 Å². The van der Waals surface area contributed by atoms with Crippen LogP contribution in [0, 0.1) is 0 Å². The van der Waals surface area contributed by atoms with Gasteiger partial charge in [0.25, 0.3) is 0 Å². The number of rotatable bonds is 8. The van der Waals surface area contributed by atoms with Crippen LogP contribution in [0.1, 0.15) is 0 Å². The molecule has 32 heavy (non-hydrogen) atoms. The molecule has 8 N–H and O–H groups in total. The van der Waals surface area contributed by atoms with Crippen molar-refractivity contribution in [1.29, 1.82) is 0 Å². The summed E-state index contributed by atoms with van der Waals surface area (Å²) < 4.78 is 0. The molecule has 0 amide bonds. The van der Waals surface area contributed by atoms with Crippen LogP contribution >= 0.6 is 0 Å². The van der Waals surface area contributed by atoms with E-state index in [9.17, 15) is 0 Å². The van der Waals surface area contributed by atoms with Crippen molar-refractivity contribution in [2.45, 2.75) is 0 Å². The molecule has 0 saturated heterocycles. The third kappa shape index (κ3) is 4.06. The fraction of sp³-hybridized carbons (Fsp3) is 0.154. The maximum atomic E-state index is 5.59. The maximum absolute atomic E-state index is 5.59. The summed E-state index contributed by atoms with van der Waals surface area (Å²) in [6.07, 6.45) is 0. The number of aromatic nitrogens is 2. The van der Waals surface area contributed by atoms with Crippen LogP contribution in [0.3, 0.4) is 0 Å². The molecule has 0 spiro atoms. The molecule has 0 atom stereocenters. The van der Waals surface area contributed by atoms with E-state index in [1.54, 1.807) is 0 Å². The first kappa shape index (κ1) is 20.2. The van der Waals surface area contributed by atoms with E-state index >= 15 is 0 Å². The highest BCUT2D eigenvalue weighted by atomic mass is 15.0. The minimum Gasteiger partial charge on any atom is -0.370 e. The van der Waals surface area contributed by atoms with Crippen molar-refractivity contribution in [3.8, 4) is 22.3 Å². The Labute approximate surface area is 187 Å². The smallest absolute Gasteiger partial charge is 0.104 e. The Morgan fingerprint density at radius 3 is 1.34 bits per heavy atom. The minimum atomic E-state index is 0.607. The average molecular weight is 425 g/mol. The van der Waals surface area contributed by atoms with Crippen molar-refractivity contribution in [1.82, 2.24) is 9.97 Å². The molecular formula is C26H28N6. The van der Waals surface area contributed by atoms with Crippen molar-refractivity contribution in [2.75, 3.05) is 36.8 Å². The zero-order chi connectivity index (χ0) is 21.9. The fourth-order valence-electron chi connectivity index (χ4n) is 4.08. The van der Waals surface area contributed by atoms with Gasteiger partial charge < -0.3 is 32.1 Å². The Morgan fingerprint density at radius 2 is 0.938 bits per heavy atom. The summed E-state index contributed by atoms with van der Waals surface area (Å²) in [7, 11) is 0. The van der Waals surface area contributed by atoms with Crippen LogP contribution < -0.4 is 22.1 Å². The molecule has 0 fully saturated rings. The first-order valence-electron chi connectivity index (χ1n) is 11.0. The van der Waals surface area contributed by atoms with Gasteiger partial charge in [-0.3, -0.25) is 0 Å². The number of benzene rings is 3. The molecule has 6 nitrogen and oxygen atoms in total. The number of hydrogen-bond acceptors (Lipinski definition) is 4. The van der Waals surface area contributed by atoms with E-state index in [1.807, 2.05) is 0 Å². The van der Waals surface area contributed by atoms with Gasteiger partial charge in [0.05, 0.1) is 0 Å². The highest BCUT2D eigenvalue weighted by molar-refractivity contribution is 5.90. The van der Waals surface area contributed by atoms with Gasteiger partial charge >= 0.3 is 0 Å². The standard InChI is InChI=1S/C26H28N6/c27-9-11-29-25-15-21-13-19(5-7-23(21)31-25)17-1-2-18(4-3-17)20-6-8-24-22(14-20)16-26(32-24)30-12-10-28/h1-8,13-16,29-32H,9-12,27-28H2. The molecule has 2 heterocycles. The van der Waals surface area contributed by atoms with Crippen molar-refractivity contribution >= 4 is 33.4 Å². The molecule has 0 unspecified atom stereocenters.